The zero-order valence-corrected chi connectivity index (χ0v) is 17.8. The van der Waals surface area contributed by atoms with Crippen molar-refractivity contribution in [3.8, 4) is 0 Å². The third-order valence-electron chi connectivity index (χ3n) is 5.10. The van der Waals surface area contributed by atoms with Crippen molar-refractivity contribution in [3.05, 3.63) is 23.4 Å². The second kappa shape index (κ2) is 12.9. The molecule has 1 aromatic heterocycles. The number of nitrogens with zero attached hydrogens (tertiary/aromatic N) is 2. The van der Waals surface area contributed by atoms with E-state index in [4.69, 9.17) is 20.6 Å². The first-order chi connectivity index (χ1) is 13.0. The molecule has 1 aliphatic heterocycles. The first kappa shape index (κ1) is 24.6. The number of carboxylic acid groups (broad SMARTS) is 1. The second-order valence-corrected chi connectivity index (χ2v) is 7.38. The smallest absolute Gasteiger partial charge is 0.320 e. The van der Waals surface area contributed by atoms with Gasteiger partial charge in [-0.2, -0.15) is 0 Å². The molecule has 4 N–H and O–H groups in total. The van der Waals surface area contributed by atoms with Crippen molar-refractivity contribution in [2.75, 3.05) is 38.6 Å². The minimum Gasteiger partial charge on any atom is -0.480 e. The minimum absolute atomic E-state index is 0. The van der Waals surface area contributed by atoms with Crippen molar-refractivity contribution in [2.24, 2.45) is 5.73 Å². The molecule has 7 nitrogen and oxygen atoms in total. The lowest BCUT2D eigenvalue weighted by Gasteiger charge is -2.25. The number of nitrogens with one attached hydrogen (secondary N) is 1. The monoisotopic (exact) mass is 414 g/mol. The molecule has 28 heavy (non-hydrogen) atoms. The molecule has 0 saturated carbocycles. The van der Waals surface area contributed by atoms with Crippen molar-refractivity contribution in [1.82, 2.24) is 9.88 Å². The average Bonchev–Trinajstić information content (AvgIpc) is 2.68. The summed E-state index contributed by atoms with van der Waals surface area (Å²) in [5.41, 5.74) is 8.09. The van der Waals surface area contributed by atoms with E-state index < -0.39 is 12.0 Å². The molecule has 2 atom stereocenters. The van der Waals surface area contributed by atoms with Crippen LogP contribution in [0.4, 0.5) is 5.82 Å². The number of fused-ring (bicyclic) bond motifs is 1. The summed E-state index contributed by atoms with van der Waals surface area (Å²) in [4.78, 5) is 17.9. The summed E-state index contributed by atoms with van der Waals surface area (Å²) in [6.07, 6.45) is 5.89. The van der Waals surface area contributed by atoms with Gasteiger partial charge in [0.25, 0.3) is 0 Å². The molecule has 0 amide bonds. The zero-order chi connectivity index (χ0) is 19.6. The quantitative estimate of drug-likeness (QED) is 0.451. The van der Waals surface area contributed by atoms with Crippen molar-refractivity contribution in [3.63, 3.8) is 0 Å². The van der Waals surface area contributed by atoms with E-state index in [1.807, 2.05) is 6.92 Å². The molecular formula is C20H35ClN4O3. The Labute approximate surface area is 174 Å². The maximum absolute atomic E-state index is 10.9. The highest BCUT2D eigenvalue weighted by atomic mass is 35.5. The molecule has 0 fully saturated rings. The van der Waals surface area contributed by atoms with Crippen molar-refractivity contribution in [2.45, 2.75) is 57.6 Å². The topological polar surface area (TPSA) is 101 Å². The molecule has 1 aliphatic rings. The van der Waals surface area contributed by atoms with Gasteiger partial charge >= 0.3 is 5.97 Å². The van der Waals surface area contributed by atoms with Gasteiger partial charge in [0.2, 0.25) is 0 Å². The number of methoxy groups -OCH3 is 1. The molecule has 0 saturated heterocycles. The van der Waals surface area contributed by atoms with E-state index in [1.165, 1.54) is 12.0 Å². The highest BCUT2D eigenvalue weighted by Gasteiger charge is 2.16. The fraction of sp³-hybridized carbons (Fsp3) is 0.700. The third kappa shape index (κ3) is 8.31. The Morgan fingerprint density at radius 3 is 2.89 bits per heavy atom. The van der Waals surface area contributed by atoms with Gasteiger partial charge in [-0.15, -0.1) is 12.4 Å². The number of carbonyl (C=O) groups is 1. The van der Waals surface area contributed by atoms with Crippen LogP contribution in [0, 0.1) is 0 Å². The first-order valence-electron chi connectivity index (χ1n) is 9.95. The van der Waals surface area contributed by atoms with Gasteiger partial charge in [0, 0.05) is 32.4 Å². The van der Waals surface area contributed by atoms with Crippen LogP contribution >= 0.6 is 12.4 Å². The molecule has 2 unspecified atom stereocenters. The number of halogens is 1. The van der Waals surface area contributed by atoms with Gasteiger partial charge < -0.3 is 25.8 Å². The number of anilines is 1. The lowest BCUT2D eigenvalue weighted by molar-refractivity contribution is -0.138. The van der Waals surface area contributed by atoms with E-state index in [1.54, 1.807) is 7.11 Å². The average molecular weight is 415 g/mol. The normalized spacial score (nSPS) is 15.3. The van der Waals surface area contributed by atoms with E-state index in [0.717, 1.165) is 56.8 Å². The van der Waals surface area contributed by atoms with Crippen LogP contribution in [0.2, 0.25) is 0 Å². The van der Waals surface area contributed by atoms with E-state index in [0.29, 0.717) is 13.0 Å². The van der Waals surface area contributed by atoms with Crippen molar-refractivity contribution in [1.29, 1.82) is 0 Å². The maximum Gasteiger partial charge on any atom is 0.320 e. The maximum atomic E-state index is 10.9. The van der Waals surface area contributed by atoms with Gasteiger partial charge in [-0.25, -0.2) is 4.98 Å². The Bertz CT molecular complexity index is 603. The molecule has 0 radical (unpaired) electrons. The van der Waals surface area contributed by atoms with E-state index in [9.17, 15) is 4.79 Å². The Kier molecular flexibility index (Phi) is 11.4. The number of carboxylic acids is 1. The molecule has 0 bridgehead atoms. The van der Waals surface area contributed by atoms with Crippen molar-refractivity contribution >= 4 is 24.2 Å². The lowest BCUT2D eigenvalue weighted by atomic mass is 10.1. The molecule has 1 aromatic rings. The molecule has 0 spiro atoms. The summed E-state index contributed by atoms with van der Waals surface area (Å²) in [5.74, 6) is 0.110. The number of ether oxygens (including phenoxy) is 1. The number of unbranched alkanes of at least 4 members (excludes halogenated alkanes) is 1. The Balaban J connectivity index is 0.00000392. The molecule has 2 rings (SSSR count). The summed E-state index contributed by atoms with van der Waals surface area (Å²) in [6.45, 7) is 5.39. The van der Waals surface area contributed by atoms with Crippen LogP contribution in [0.1, 0.15) is 43.9 Å². The largest absolute Gasteiger partial charge is 0.480 e. The van der Waals surface area contributed by atoms with Crippen LogP contribution in [0.3, 0.4) is 0 Å². The molecule has 0 aliphatic carbocycles. The van der Waals surface area contributed by atoms with Gasteiger partial charge in [0.1, 0.15) is 11.9 Å². The Hall–Kier alpha value is -1.41. The SMILES string of the molecule is COC(C)CN(CCCCc1ccc2c(n1)NCCC2)CCC(N)C(=O)O.Cl. The number of hydrogen-bond acceptors (Lipinski definition) is 6. The summed E-state index contributed by atoms with van der Waals surface area (Å²) in [6, 6.07) is 3.53. The lowest BCUT2D eigenvalue weighted by Crippen LogP contribution is -2.38. The summed E-state index contributed by atoms with van der Waals surface area (Å²) >= 11 is 0. The second-order valence-electron chi connectivity index (χ2n) is 7.38. The van der Waals surface area contributed by atoms with E-state index in [-0.39, 0.29) is 18.5 Å². The van der Waals surface area contributed by atoms with Crippen LogP contribution in [0.25, 0.3) is 0 Å². The van der Waals surface area contributed by atoms with Crippen LogP contribution in [0.15, 0.2) is 12.1 Å². The first-order valence-corrected chi connectivity index (χ1v) is 9.95. The van der Waals surface area contributed by atoms with Crippen LogP contribution in [0.5, 0.6) is 0 Å². The molecule has 8 heteroatoms. The highest BCUT2D eigenvalue weighted by molar-refractivity contribution is 5.85. The van der Waals surface area contributed by atoms with Gasteiger partial charge in [0.15, 0.2) is 0 Å². The zero-order valence-electron chi connectivity index (χ0n) is 17.0. The van der Waals surface area contributed by atoms with Gasteiger partial charge in [-0.1, -0.05) is 6.07 Å². The minimum atomic E-state index is -0.943. The number of pyridine rings is 1. The van der Waals surface area contributed by atoms with Crippen molar-refractivity contribution < 1.29 is 14.6 Å². The number of aliphatic carboxylic acids is 1. The summed E-state index contributed by atoms with van der Waals surface area (Å²) in [7, 11) is 1.70. The van der Waals surface area contributed by atoms with Gasteiger partial charge in [-0.05, 0) is 63.6 Å². The molecule has 160 valence electrons. The number of aromatic nitrogens is 1. The number of aryl methyl sites for hydroxylation is 2. The fourth-order valence-corrected chi connectivity index (χ4v) is 3.33. The number of rotatable bonds is 12. The van der Waals surface area contributed by atoms with Crippen LogP contribution in [-0.4, -0.2) is 66.4 Å². The summed E-state index contributed by atoms with van der Waals surface area (Å²) < 4.78 is 5.36. The molecule has 0 aromatic carbocycles. The fourth-order valence-electron chi connectivity index (χ4n) is 3.33. The predicted octanol–water partition coefficient (Wildman–Crippen LogP) is 2.32. The summed E-state index contributed by atoms with van der Waals surface area (Å²) in [5, 5.41) is 12.4. The predicted molar refractivity (Wildman–Crippen MR) is 114 cm³/mol. The molecular weight excluding hydrogens is 380 g/mol. The van der Waals surface area contributed by atoms with E-state index >= 15 is 0 Å². The number of hydrogen-bond donors (Lipinski definition) is 3. The Morgan fingerprint density at radius 1 is 1.39 bits per heavy atom. The van der Waals surface area contributed by atoms with Gasteiger partial charge in [0.05, 0.1) is 6.10 Å². The third-order valence-corrected chi connectivity index (χ3v) is 5.10. The highest BCUT2D eigenvalue weighted by Crippen LogP contribution is 2.20. The van der Waals surface area contributed by atoms with Gasteiger partial charge in [-0.3, -0.25) is 4.79 Å². The Morgan fingerprint density at radius 2 is 2.18 bits per heavy atom. The standard InChI is InChI=1S/C20H34N4O3.ClH/c1-15(27-2)14-24(13-10-18(21)20(25)26)12-4-3-7-17-9-8-16-6-5-11-22-19(16)23-17;/h8-9,15,18H,3-7,10-14,21H2,1-2H3,(H,22,23)(H,25,26);1H. The number of nitrogens with two attached hydrogens (primary N) is 1. The van der Waals surface area contributed by atoms with Crippen LogP contribution in [-0.2, 0) is 22.4 Å². The van der Waals surface area contributed by atoms with Crippen LogP contribution < -0.4 is 11.1 Å². The van der Waals surface area contributed by atoms with E-state index in [2.05, 4.69) is 22.3 Å². The molecule has 2 heterocycles.